The van der Waals surface area contributed by atoms with Crippen molar-refractivity contribution in [1.82, 2.24) is 9.80 Å². The van der Waals surface area contributed by atoms with Gasteiger partial charge in [0.15, 0.2) is 0 Å². The van der Waals surface area contributed by atoms with Crippen molar-refractivity contribution in [3.05, 3.63) is 0 Å². The van der Waals surface area contributed by atoms with Crippen LogP contribution in [0.5, 0.6) is 0 Å². The molecular formula is C17H35N3. The number of hydrogen-bond acceptors (Lipinski definition) is 3. The molecule has 2 aliphatic rings. The average molecular weight is 281 g/mol. The maximum Gasteiger partial charge on any atom is 0.0358 e. The highest BCUT2D eigenvalue weighted by Crippen LogP contribution is 2.47. The monoisotopic (exact) mass is 281 g/mol. The van der Waals surface area contributed by atoms with Gasteiger partial charge in [-0.3, -0.25) is 9.80 Å². The van der Waals surface area contributed by atoms with Gasteiger partial charge in [-0.2, -0.15) is 0 Å². The molecule has 1 heterocycles. The van der Waals surface area contributed by atoms with E-state index < -0.39 is 0 Å². The SMILES string of the molecule is CC1CC(C)(C)CCC1(CN)N1CCN(C)C(C)(C)C1. The van der Waals surface area contributed by atoms with E-state index in [2.05, 4.69) is 51.5 Å². The fourth-order valence-electron chi connectivity index (χ4n) is 4.44. The first kappa shape index (κ1) is 16.3. The van der Waals surface area contributed by atoms with Crippen molar-refractivity contribution in [2.24, 2.45) is 17.1 Å². The summed E-state index contributed by atoms with van der Waals surface area (Å²) < 4.78 is 0. The molecule has 1 aliphatic heterocycles. The van der Waals surface area contributed by atoms with Gasteiger partial charge in [0, 0.05) is 37.3 Å². The van der Waals surface area contributed by atoms with Crippen molar-refractivity contribution in [2.45, 2.75) is 65.0 Å². The van der Waals surface area contributed by atoms with Crippen LogP contribution in [-0.2, 0) is 0 Å². The van der Waals surface area contributed by atoms with Crippen LogP contribution in [0.25, 0.3) is 0 Å². The van der Waals surface area contributed by atoms with Gasteiger partial charge in [0.25, 0.3) is 0 Å². The fourth-order valence-corrected chi connectivity index (χ4v) is 4.44. The van der Waals surface area contributed by atoms with Crippen LogP contribution in [-0.4, -0.2) is 54.1 Å². The van der Waals surface area contributed by atoms with Gasteiger partial charge >= 0.3 is 0 Å². The summed E-state index contributed by atoms with van der Waals surface area (Å²) in [5, 5.41) is 0. The lowest BCUT2D eigenvalue weighted by Gasteiger charge is -2.58. The Balaban J connectivity index is 2.20. The summed E-state index contributed by atoms with van der Waals surface area (Å²) in [6.07, 6.45) is 3.87. The number of nitrogens with two attached hydrogens (primary N) is 1. The third-order valence-electron chi connectivity index (χ3n) is 6.31. The fraction of sp³-hybridized carbons (Fsp3) is 1.00. The Kier molecular flexibility index (Phi) is 4.27. The maximum atomic E-state index is 6.32. The number of piperazine rings is 1. The van der Waals surface area contributed by atoms with Crippen LogP contribution in [0, 0.1) is 11.3 Å². The molecule has 1 aliphatic carbocycles. The summed E-state index contributed by atoms with van der Waals surface area (Å²) in [4.78, 5) is 5.22. The van der Waals surface area contributed by atoms with Crippen LogP contribution in [0.1, 0.15) is 53.9 Å². The van der Waals surface area contributed by atoms with E-state index in [1.165, 1.54) is 25.8 Å². The molecule has 2 unspecified atom stereocenters. The molecule has 0 spiro atoms. The molecule has 1 saturated heterocycles. The van der Waals surface area contributed by atoms with Crippen molar-refractivity contribution in [3.63, 3.8) is 0 Å². The first-order chi connectivity index (χ1) is 9.13. The molecule has 20 heavy (non-hydrogen) atoms. The van der Waals surface area contributed by atoms with Gasteiger partial charge in [0.05, 0.1) is 0 Å². The molecule has 3 nitrogen and oxygen atoms in total. The molecule has 2 fully saturated rings. The number of nitrogens with zero attached hydrogens (tertiary/aromatic N) is 2. The molecule has 2 atom stereocenters. The Bertz CT molecular complexity index is 350. The first-order valence-corrected chi connectivity index (χ1v) is 8.29. The Morgan fingerprint density at radius 1 is 1.10 bits per heavy atom. The molecule has 0 aromatic rings. The predicted octanol–water partition coefficient (Wildman–Crippen LogP) is 2.56. The van der Waals surface area contributed by atoms with E-state index in [0.717, 1.165) is 19.6 Å². The Morgan fingerprint density at radius 3 is 2.25 bits per heavy atom. The number of rotatable bonds is 2. The maximum absolute atomic E-state index is 6.32. The highest BCUT2D eigenvalue weighted by Gasteiger charge is 2.49. The molecule has 2 rings (SSSR count). The zero-order chi connectivity index (χ0) is 15.2. The van der Waals surface area contributed by atoms with Gasteiger partial charge in [0.1, 0.15) is 0 Å². The molecule has 0 aromatic carbocycles. The van der Waals surface area contributed by atoms with Crippen molar-refractivity contribution in [1.29, 1.82) is 0 Å². The van der Waals surface area contributed by atoms with Crippen LogP contribution in [0.4, 0.5) is 0 Å². The van der Waals surface area contributed by atoms with Crippen LogP contribution >= 0.6 is 0 Å². The second kappa shape index (κ2) is 5.26. The minimum absolute atomic E-state index is 0.230. The van der Waals surface area contributed by atoms with E-state index in [9.17, 15) is 0 Å². The molecule has 2 N–H and O–H groups in total. The summed E-state index contributed by atoms with van der Waals surface area (Å²) in [5.41, 5.74) is 7.29. The molecule has 0 amide bonds. The third kappa shape index (κ3) is 2.77. The van der Waals surface area contributed by atoms with Gasteiger partial charge in [-0.1, -0.05) is 20.8 Å². The zero-order valence-electron chi connectivity index (χ0n) is 14.5. The highest BCUT2D eigenvalue weighted by molar-refractivity contribution is 5.05. The highest BCUT2D eigenvalue weighted by atomic mass is 15.3. The average Bonchev–Trinajstić information content (AvgIpc) is 2.33. The number of likely N-dealkylation sites (N-methyl/N-ethyl adjacent to an activating group) is 1. The lowest BCUT2D eigenvalue weighted by Crippen LogP contribution is -2.68. The normalized spacial score (nSPS) is 38.9. The van der Waals surface area contributed by atoms with Crippen LogP contribution < -0.4 is 5.73 Å². The van der Waals surface area contributed by atoms with E-state index in [0.29, 0.717) is 11.3 Å². The lowest BCUT2D eigenvalue weighted by molar-refractivity contribution is -0.0752. The second-order valence-electron chi connectivity index (χ2n) is 8.73. The molecular weight excluding hydrogens is 246 g/mol. The standard InChI is InChI=1S/C17H35N3/c1-14-11-15(2,3)7-8-17(14,12-18)20-10-9-19(6)16(4,5)13-20/h14H,7-13,18H2,1-6H3. The minimum atomic E-state index is 0.230. The van der Waals surface area contributed by atoms with E-state index >= 15 is 0 Å². The molecule has 0 radical (unpaired) electrons. The van der Waals surface area contributed by atoms with E-state index in [1.807, 2.05) is 0 Å². The quantitative estimate of drug-likeness (QED) is 0.844. The smallest absolute Gasteiger partial charge is 0.0358 e. The van der Waals surface area contributed by atoms with Gasteiger partial charge < -0.3 is 5.73 Å². The summed E-state index contributed by atoms with van der Waals surface area (Å²) in [6.45, 7) is 16.3. The summed E-state index contributed by atoms with van der Waals surface area (Å²) in [6, 6.07) is 0. The third-order valence-corrected chi connectivity index (χ3v) is 6.31. The number of hydrogen-bond donors (Lipinski definition) is 1. The predicted molar refractivity (Wildman–Crippen MR) is 86.9 cm³/mol. The van der Waals surface area contributed by atoms with Crippen LogP contribution in [0.3, 0.4) is 0 Å². The first-order valence-electron chi connectivity index (χ1n) is 8.29. The minimum Gasteiger partial charge on any atom is -0.329 e. The Hall–Kier alpha value is -0.120. The largest absolute Gasteiger partial charge is 0.329 e. The topological polar surface area (TPSA) is 32.5 Å². The summed E-state index contributed by atoms with van der Waals surface area (Å²) in [5.74, 6) is 0.690. The molecule has 1 saturated carbocycles. The van der Waals surface area contributed by atoms with E-state index in [4.69, 9.17) is 5.73 Å². The summed E-state index contributed by atoms with van der Waals surface area (Å²) in [7, 11) is 2.25. The zero-order valence-corrected chi connectivity index (χ0v) is 14.5. The van der Waals surface area contributed by atoms with Gasteiger partial charge in [-0.15, -0.1) is 0 Å². The lowest BCUT2D eigenvalue weighted by atomic mass is 9.62. The van der Waals surface area contributed by atoms with Crippen molar-refractivity contribution in [2.75, 3.05) is 33.2 Å². The van der Waals surface area contributed by atoms with Crippen molar-refractivity contribution in [3.8, 4) is 0 Å². The van der Waals surface area contributed by atoms with Crippen LogP contribution in [0.15, 0.2) is 0 Å². The second-order valence-corrected chi connectivity index (χ2v) is 8.73. The van der Waals surface area contributed by atoms with Crippen molar-refractivity contribution < 1.29 is 0 Å². The van der Waals surface area contributed by atoms with Gasteiger partial charge in [-0.25, -0.2) is 0 Å². The Labute approximate surface area is 125 Å². The van der Waals surface area contributed by atoms with Gasteiger partial charge in [-0.05, 0) is 51.5 Å². The molecule has 0 bridgehead atoms. The molecule has 0 aromatic heterocycles. The van der Waals surface area contributed by atoms with Crippen molar-refractivity contribution >= 4 is 0 Å². The van der Waals surface area contributed by atoms with Crippen LogP contribution in [0.2, 0.25) is 0 Å². The summed E-state index contributed by atoms with van der Waals surface area (Å²) >= 11 is 0. The molecule has 3 heteroatoms. The Morgan fingerprint density at radius 2 is 1.75 bits per heavy atom. The van der Waals surface area contributed by atoms with E-state index in [1.54, 1.807) is 0 Å². The molecule has 118 valence electrons. The van der Waals surface area contributed by atoms with Gasteiger partial charge in [0.2, 0.25) is 0 Å². The van der Waals surface area contributed by atoms with E-state index in [-0.39, 0.29) is 11.1 Å².